The van der Waals surface area contributed by atoms with Crippen molar-refractivity contribution in [2.45, 2.75) is 40.7 Å². The maximum absolute atomic E-state index is 5.49. The van der Waals surface area contributed by atoms with Gasteiger partial charge in [-0.15, -0.1) is 0 Å². The van der Waals surface area contributed by atoms with Gasteiger partial charge in [0.2, 0.25) is 0 Å². The van der Waals surface area contributed by atoms with Gasteiger partial charge in [0.25, 0.3) is 0 Å². The maximum Gasteiger partial charge on any atom is 0.131 e. The number of anilines is 1. The van der Waals surface area contributed by atoms with Gasteiger partial charge in [-0.2, -0.15) is 5.10 Å². The van der Waals surface area contributed by atoms with E-state index in [9.17, 15) is 0 Å². The second-order valence-electron chi connectivity index (χ2n) is 4.96. The van der Waals surface area contributed by atoms with Gasteiger partial charge < -0.3 is 15.0 Å². The lowest BCUT2D eigenvalue weighted by molar-refractivity contribution is 0.153. The molecular formula is C15H30N4O. The molecule has 0 fully saturated rings. The summed E-state index contributed by atoms with van der Waals surface area (Å²) in [6.45, 7) is 13.8. The number of ether oxygens (including phenoxy) is 1. The van der Waals surface area contributed by atoms with Gasteiger partial charge in [0, 0.05) is 38.9 Å². The number of nitrogens with zero attached hydrogens (tertiary/aromatic N) is 3. The third kappa shape index (κ3) is 4.49. The van der Waals surface area contributed by atoms with Crippen molar-refractivity contribution in [1.29, 1.82) is 0 Å². The van der Waals surface area contributed by atoms with Crippen molar-refractivity contribution in [2.24, 2.45) is 7.05 Å². The quantitative estimate of drug-likeness (QED) is 0.667. The molecule has 0 atom stereocenters. The van der Waals surface area contributed by atoms with E-state index in [-0.39, 0.29) is 0 Å². The minimum atomic E-state index is 0.760. The van der Waals surface area contributed by atoms with Gasteiger partial charge in [-0.1, -0.05) is 6.92 Å². The van der Waals surface area contributed by atoms with E-state index in [0.717, 1.165) is 51.5 Å². The van der Waals surface area contributed by atoms with Crippen molar-refractivity contribution in [3.8, 4) is 0 Å². The second kappa shape index (κ2) is 8.97. The summed E-state index contributed by atoms with van der Waals surface area (Å²) in [6.07, 6.45) is 1.15. The second-order valence-corrected chi connectivity index (χ2v) is 4.96. The normalized spacial score (nSPS) is 11.1. The van der Waals surface area contributed by atoms with Crippen molar-refractivity contribution in [3.63, 3.8) is 0 Å². The molecule has 0 saturated carbocycles. The Balaban J connectivity index is 2.83. The Hall–Kier alpha value is -1.07. The van der Waals surface area contributed by atoms with Crippen LogP contribution in [0.15, 0.2) is 0 Å². The Morgan fingerprint density at radius 1 is 1.30 bits per heavy atom. The summed E-state index contributed by atoms with van der Waals surface area (Å²) in [6, 6.07) is 0. The van der Waals surface area contributed by atoms with Crippen molar-refractivity contribution in [3.05, 3.63) is 11.3 Å². The van der Waals surface area contributed by atoms with E-state index >= 15 is 0 Å². The molecule has 0 aliphatic rings. The van der Waals surface area contributed by atoms with E-state index in [4.69, 9.17) is 4.74 Å². The first kappa shape index (κ1) is 17.0. The molecule has 0 aromatic carbocycles. The lowest BCUT2D eigenvalue weighted by atomic mass is 10.2. The third-order valence-electron chi connectivity index (χ3n) is 3.43. The zero-order chi connectivity index (χ0) is 15.0. The lowest BCUT2D eigenvalue weighted by Gasteiger charge is -2.24. The molecule has 116 valence electrons. The number of hydrogen-bond acceptors (Lipinski definition) is 4. The fourth-order valence-electron chi connectivity index (χ4n) is 2.42. The van der Waals surface area contributed by atoms with Crippen LogP contribution in [0.4, 0.5) is 5.82 Å². The molecule has 1 rings (SSSR count). The van der Waals surface area contributed by atoms with E-state index in [0.29, 0.717) is 0 Å². The van der Waals surface area contributed by atoms with Gasteiger partial charge in [-0.25, -0.2) is 0 Å². The topological polar surface area (TPSA) is 42.3 Å². The molecule has 0 aliphatic heterocycles. The molecule has 0 aliphatic carbocycles. The van der Waals surface area contributed by atoms with Crippen molar-refractivity contribution in [2.75, 3.05) is 37.7 Å². The predicted octanol–water partition coefficient (Wildman–Crippen LogP) is 2.09. The van der Waals surface area contributed by atoms with E-state index in [1.54, 1.807) is 0 Å². The Morgan fingerprint density at radius 3 is 2.65 bits per heavy atom. The van der Waals surface area contributed by atoms with Gasteiger partial charge in [0.15, 0.2) is 0 Å². The molecule has 0 unspecified atom stereocenters. The van der Waals surface area contributed by atoms with Gasteiger partial charge in [-0.05, 0) is 33.7 Å². The van der Waals surface area contributed by atoms with Crippen LogP contribution in [0.1, 0.15) is 38.4 Å². The molecule has 1 N–H and O–H groups in total. The highest BCUT2D eigenvalue weighted by Crippen LogP contribution is 2.23. The molecule has 0 amide bonds. The van der Waals surface area contributed by atoms with Crippen LogP contribution in [0.3, 0.4) is 0 Å². The number of likely N-dealkylation sites (N-methyl/N-ethyl adjacent to an activating group) is 1. The monoisotopic (exact) mass is 282 g/mol. The average Bonchev–Trinajstić information content (AvgIpc) is 2.70. The smallest absolute Gasteiger partial charge is 0.131 e. The van der Waals surface area contributed by atoms with E-state index in [1.807, 2.05) is 18.7 Å². The van der Waals surface area contributed by atoms with Crippen LogP contribution in [0, 0.1) is 6.92 Å². The number of hydrogen-bond donors (Lipinski definition) is 1. The van der Waals surface area contributed by atoms with E-state index in [2.05, 4.69) is 36.1 Å². The summed E-state index contributed by atoms with van der Waals surface area (Å²) in [7, 11) is 2.02. The maximum atomic E-state index is 5.49. The van der Waals surface area contributed by atoms with Crippen LogP contribution in [-0.2, 0) is 18.3 Å². The van der Waals surface area contributed by atoms with Crippen molar-refractivity contribution in [1.82, 2.24) is 15.1 Å². The minimum absolute atomic E-state index is 0.760. The zero-order valence-corrected chi connectivity index (χ0v) is 13.7. The van der Waals surface area contributed by atoms with Gasteiger partial charge in [0.05, 0.1) is 12.3 Å². The highest BCUT2D eigenvalue weighted by molar-refractivity contribution is 5.50. The molecule has 0 saturated heterocycles. The third-order valence-corrected chi connectivity index (χ3v) is 3.43. The summed E-state index contributed by atoms with van der Waals surface area (Å²) >= 11 is 0. The van der Waals surface area contributed by atoms with Crippen molar-refractivity contribution < 1.29 is 4.74 Å². The number of aromatic nitrogens is 2. The molecule has 0 spiro atoms. The highest BCUT2D eigenvalue weighted by Gasteiger charge is 2.17. The lowest BCUT2D eigenvalue weighted by Crippen LogP contribution is -2.30. The van der Waals surface area contributed by atoms with Crippen LogP contribution < -0.4 is 10.2 Å². The Morgan fingerprint density at radius 2 is 2.05 bits per heavy atom. The SMILES string of the molecule is CCCNCc1c(C)nn(C)c1N(CC)CCOCC. The first-order chi connectivity index (χ1) is 9.65. The van der Waals surface area contributed by atoms with E-state index in [1.165, 1.54) is 11.4 Å². The highest BCUT2D eigenvalue weighted by atomic mass is 16.5. The molecule has 0 radical (unpaired) electrons. The summed E-state index contributed by atoms with van der Waals surface area (Å²) < 4.78 is 7.48. The summed E-state index contributed by atoms with van der Waals surface area (Å²) in [4.78, 5) is 2.35. The Labute approximate surface area is 123 Å². The molecule has 5 heteroatoms. The molecule has 0 bridgehead atoms. The van der Waals surface area contributed by atoms with Crippen LogP contribution >= 0.6 is 0 Å². The van der Waals surface area contributed by atoms with Crippen molar-refractivity contribution >= 4 is 5.82 Å². The zero-order valence-electron chi connectivity index (χ0n) is 13.7. The largest absolute Gasteiger partial charge is 0.380 e. The molecule has 1 aromatic heterocycles. The first-order valence-electron chi connectivity index (χ1n) is 7.71. The van der Waals surface area contributed by atoms with Gasteiger partial charge in [0.1, 0.15) is 5.82 Å². The van der Waals surface area contributed by atoms with Crippen LogP contribution in [0.5, 0.6) is 0 Å². The Bertz CT molecular complexity index is 389. The average molecular weight is 282 g/mol. The minimum Gasteiger partial charge on any atom is -0.380 e. The number of nitrogens with one attached hydrogen (secondary N) is 1. The molecular weight excluding hydrogens is 252 g/mol. The summed E-state index contributed by atoms with van der Waals surface area (Å²) in [5.41, 5.74) is 2.42. The van der Waals surface area contributed by atoms with Crippen LogP contribution in [0.25, 0.3) is 0 Å². The number of aryl methyl sites for hydroxylation is 2. The summed E-state index contributed by atoms with van der Waals surface area (Å²) in [5, 5.41) is 8.06. The number of rotatable bonds is 10. The standard InChI is InChI=1S/C15H30N4O/c1-6-9-16-12-14-13(4)17-18(5)15(14)19(7-2)10-11-20-8-3/h16H,6-12H2,1-5H3. The van der Waals surface area contributed by atoms with Crippen LogP contribution in [0.2, 0.25) is 0 Å². The molecule has 1 heterocycles. The van der Waals surface area contributed by atoms with Gasteiger partial charge in [-0.3, -0.25) is 4.68 Å². The fourth-order valence-corrected chi connectivity index (χ4v) is 2.42. The van der Waals surface area contributed by atoms with E-state index < -0.39 is 0 Å². The summed E-state index contributed by atoms with van der Waals surface area (Å²) in [5.74, 6) is 1.22. The molecule has 20 heavy (non-hydrogen) atoms. The predicted molar refractivity (Wildman–Crippen MR) is 84.3 cm³/mol. The first-order valence-corrected chi connectivity index (χ1v) is 7.71. The van der Waals surface area contributed by atoms with Gasteiger partial charge >= 0.3 is 0 Å². The Kier molecular flexibility index (Phi) is 7.62. The fraction of sp³-hybridized carbons (Fsp3) is 0.800. The molecule has 5 nitrogen and oxygen atoms in total. The van der Waals surface area contributed by atoms with Crippen LogP contribution in [-0.4, -0.2) is 42.6 Å². The molecule has 1 aromatic rings.